The van der Waals surface area contributed by atoms with Crippen molar-refractivity contribution in [2.75, 3.05) is 6.54 Å². The molecular formula is C12H19N3O2S. The number of aromatic nitrogens is 2. The van der Waals surface area contributed by atoms with Crippen molar-refractivity contribution in [2.45, 2.75) is 50.0 Å². The van der Waals surface area contributed by atoms with Gasteiger partial charge in [0.1, 0.15) is 0 Å². The van der Waals surface area contributed by atoms with Gasteiger partial charge < -0.3 is 9.73 Å². The molecule has 1 aromatic heterocycles. The van der Waals surface area contributed by atoms with Crippen LogP contribution < -0.4 is 5.32 Å². The van der Waals surface area contributed by atoms with Gasteiger partial charge in [-0.3, -0.25) is 4.79 Å². The summed E-state index contributed by atoms with van der Waals surface area (Å²) in [4.78, 5) is 11.8. The van der Waals surface area contributed by atoms with E-state index in [1.807, 2.05) is 6.92 Å². The summed E-state index contributed by atoms with van der Waals surface area (Å²) < 4.78 is 5.51. The Morgan fingerprint density at radius 3 is 2.78 bits per heavy atom. The molecule has 1 fully saturated rings. The van der Waals surface area contributed by atoms with Gasteiger partial charge in [0, 0.05) is 12.5 Å². The van der Waals surface area contributed by atoms with E-state index in [4.69, 9.17) is 4.42 Å². The molecule has 0 aromatic carbocycles. The van der Waals surface area contributed by atoms with Crippen molar-refractivity contribution in [1.29, 1.82) is 0 Å². The third kappa shape index (κ3) is 3.73. The number of hydrogen-bond donors (Lipinski definition) is 1. The van der Waals surface area contributed by atoms with Crippen LogP contribution in [-0.2, 0) is 4.79 Å². The summed E-state index contributed by atoms with van der Waals surface area (Å²) in [7, 11) is 0. The smallest absolute Gasteiger partial charge is 0.277 e. The number of hydrogen-bond acceptors (Lipinski definition) is 5. The highest BCUT2D eigenvalue weighted by atomic mass is 32.2. The van der Waals surface area contributed by atoms with Gasteiger partial charge in [0.25, 0.3) is 5.22 Å². The molecule has 0 saturated heterocycles. The Kier molecular flexibility index (Phi) is 4.27. The summed E-state index contributed by atoms with van der Waals surface area (Å²) in [5.74, 6) is 1.64. The van der Waals surface area contributed by atoms with Gasteiger partial charge in [-0.2, -0.15) is 0 Å². The highest BCUT2D eigenvalue weighted by Crippen LogP contribution is 2.40. The third-order valence-corrected chi connectivity index (χ3v) is 3.61. The lowest BCUT2D eigenvalue weighted by molar-refractivity contribution is -0.120. The van der Waals surface area contributed by atoms with Gasteiger partial charge in [0.2, 0.25) is 11.8 Å². The standard InChI is InChI=1S/C12H19N3O2S/c1-7(2)6-13-10(16)8(3)18-12-15-14-11(17-12)9-4-5-9/h7-9H,4-6H2,1-3H3,(H,13,16)/t8-/m0/s1. The van der Waals surface area contributed by atoms with E-state index in [2.05, 4.69) is 29.4 Å². The first kappa shape index (κ1) is 13.4. The van der Waals surface area contributed by atoms with E-state index in [1.54, 1.807) is 0 Å². The fraction of sp³-hybridized carbons (Fsp3) is 0.750. The van der Waals surface area contributed by atoms with Gasteiger partial charge in [0.05, 0.1) is 5.25 Å². The number of nitrogens with zero attached hydrogens (tertiary/aromatic N) is 2. The maximum Gasteiger partial charge on any atom is 0.277 e. The SMILES string of the molecule is CC(C)CNC(=O)[C@H](C)Sc1nnc(C2CC2)o1. The first-order valence-corrected chi connectivity index (χ1v) is 7.22. The number of amides is 1. The maximum absolute atomic E-state index is 11.8. The minimum atomic E-state index is -0.212. The molecule has 1 saturated carbocycles. The van der Waals surface area contributed by atoms with E-state index in [-0.39, 0.29) is 11.2 Å². The predicted molar refractivity (Wildman–Crippen MR) is 69.4 cm³/mol. The maximum atomic E-state index is 11.8. The number of nitrogens with one attached hydrogen (secondary N) is 1. The second-order valence-corrected chi connectivity index (χ2v) is 6.37. The van der Waals surface area contributed by atoms with Gasteiger partial charge in [-0.25, -0.2) is 0 Å². The molecule has 1 aromatic rings. The Morgan fingerprint density at radius 1 is 1.44 bits per heavy atom. The molecule has 0 spiro atoms. The molecule has 1 N–H and O–H groups in total. The fourth-order valence-corrected chi connectivity index (χ4v) is 2.13. The van der Waals surface area contributed by atoms with Crippen LogP contribution in [0.1, 0.15) is 45.4 Å². The zero-order chi connectivity index (χ0) is 13.1. The molecule has 5 nitrogen and oxygen atoms in total. The van der Waals surface area contributed by atoms with Gasteiger partial charge in [-0.15, -0.1) is 10.2 Å². The summed E-state index contributed by atoms with van der Waals surface area (Å²) in [5.41, 5.74) is 0. The molecular weight excluding hydrogens is 250 g/mol. The van der Waals surface area contributed by atoms with E-state index in [9.17, 15) is 4.79 Å². The van der Waals surface area contributed by atoms with Crippen molar-refractivity contribution in [3.63, 3.8) is 0 Å². The van der Waals surface area contributed by atoms with Crippen LogP contribution in [-0.4, -0.2) is 27.9 Å². The molecule has 0 unspecified atom stereocenters. The lowest BCUT2D eigenvalue weighted by Crippen LogP contribution is -2.33. The number of carbonyl (C=O) groups is 1. The van der Waals surface area contributed by atoms with Gasteiger partial charge >= 0.3 is 0 Å². The van der Waals surface area contributed by atoms with E-state index >= 15 is 0 Å². The van der Waals surface area contributed by atoms with E-state index in [1.165, 1.54) is 11.8 Å². The summed E-state index contributed by atoms with van der Waals surface area (Å²) in [5, 5.41) is 11.1. The largest absolute Gasteiger partial charge is 0.416 e. The average Bonchev–Trinajstić information content (AvgIpc) is 3.07. The van der Waals surface area contributed by atoms with Crippen LogP contribution in [0.15, 0.2) is 9.64 Å². The highest BCUT2D eigenvalue weighted by Gasteiger charge is 2.30. The second-order valence-electron chi connectivity index (χ2n) is 5.08. The molecule has 1 heterocycles. The number of carbonyl (C=O) groups excluding carboxylic acids is 1. The lowest BCUT2D eigenvalue weighted by atomic mass is 10.2. The van der Waals surface area contributed by atoms with Gasteiger partial charge in [-0.1, -0.05) is 25.6 Å². The van der Waals surface area contributed by atoms with Crippen molar-refractivity contribution in [3.05, 3.63) is 5.89 Å². The molecule has 0 aliphatic heterocycles. The highest BCUT2D eigenvalue weighted by molar-refractivity contribution is 8.00. The summed E-state index contributed by atoms with van der Waals surface area (Å²) in [6, 6.07) is 0. The Bertz CT molecular complexity index is 415. The van der Waals surface area contributed by atoms with Gasteiger partial charge in [-0.05, 0) is 25.7 Å². The van der Waals surface area contributed by atoms with Crippen molar-refractivity contribution >= 4 is 17.7 Å². The number of thioether (sulfide) groups is 1. The Hall–Kier alpha value is -1.04. The zero-order valence-corrected chi connectivity index (χ0v) is 11.8. The molecule has 1 aliphatic carbocycles. The van der Waals surface area contributed by atoms with Crippen LogP contribution in [0.5, 0.6) is 0 Å². The first-order valence-electron chi connectivity index (χ1n) is 6.34. The second kappa shape index (κ2) is 5.73. The molecule has 0 radical (unpaired) electrons. The minimum absolute atomic E-state index is 0.0138. The van der Waals surface area contributed by atoms with Crippen LogP contribution in [0.25, 0.3) is 0 Å². The van der Waals surface area contributed by atoms with Crippen LogP contribution in [0, 0.1) is 5.92 Å². The van der Waals surface area contributed by atoms with Crippen molar-refractivity contribution in [1.82, 2.24) is 15.5 Å². The van der Waals surface area contributed by atoms with Crippen LogP contribution in [0.3, 0.4) is 0 Å². The minimum Gasteiger partial charge on any atom is -0.416 e. The van der Waals surface area contributed by atoms with Crippen molar-refractivity contribution in [3.8, 4) is 0 Å². The average molecular weight is 269 g/mol. The molecule has 1 aliphatic rings. The van der Waals surface area contributed by atoms with Crippen molar-refractivity contribution in [2.24, 2.45) is 5.92 Å². The molecule has 6 heteroatoms. The number of rotatable bonds is 6. The molecule has 18 heavy (non-hydrogen) atoms. The Labute approximate surface area is 111 Å². The molecule has 1 amide bonds. The molecule has 1 atom stereocenters. The lowest BCUT2D eigenvalue weighted by Gasteiger charge is -2.11. The van der Waals surface area contributed by atoms with Crippen molar-refractivity contribution < 1.29 is 9.21 Å². The molecule has 100 valence electrons. The van der Waals surface area contributed by atoms with Crippen LogP contribution in [0.4, 0.5) is 0 Å². The summed E-state index contributed by atoms with van der Waals surface area (Å²) >= 11 is 1.32. The van der Waals surface area contributed by atoms with Crippen LogP contribution >= 0.6 is 11.8 Å². The molecule has 2 rings (SSSR count). The summed E-state index contributed by atoms with van der Waals surface area (Å²) in [6.45, 7) is 6.68. The quantitative estimate of drug-likeness (QED) is 0.802. The molecule has 0 bridgehead atoms. The Morgan fingerprint density at radius 2 is 2.17 bits per heavy atom. The summed E-state index contributed by atoms with van der Waals surface area (Å²) in [6.07, 6.45) is 2.27. The van der Waals surface area contributed by atoms with E-state index < -0.39 is 0 Å². The predicted octanol–water partition coefficient (Wildman–Crippen LogP) is 2.20. The first-order chi connectivity index (χ1) is 8.56. The van der Waals surface area contributed by atoms with E-state index in [0.29, 0.717) is 29.5 Å². The van der Waals surface area contributed by atoms with Crippen LogP contribution in [0.2, 0.25) is 0 Å². The fourth-order valence-electron chi connectivity index (χ4n) is 1.42. The Balaban J connectivity index is 1.81. The normalized spacial score (nSPS) is 16.9. The van der Waals surface area contributed by atoms with Gasteiger partial charge in [0.15, 0.2) is 0 Å². The topological polar surface area (TPSA) is 68.0 Å². The monoisotopic (exact) mass is 269 g/mol. The third-order valence-electron chi connectivity index (χ3n) is 2.68. The zero-order valence-electron chi connectivity index (χ0n) is 11.0. The van der Waals surface area contributed by atoms with E-state index in [0.717, 1.165) is 12.8 Å².